The van der Waals surface area contributed by atoms with Crippen LogP contribution in [0.25, 0.3) is 0 Å². The summed E-state index contributed by atoms with van der Waals surface area (Å²) in [7, 11) is 0. The molecule has 3 aromatic rings. The number of rotatable bonds is 7. The smallest absolute Gasteiger partial charge is 0.303 e. The highest BCUT2D eigenvalue weighted by molar-refractivity contribution is 6.07. The third kappa shape index (κ3) is 4.64. The van der Waals surface area contributed by atoms with E-state index < -0.39 is 11.8 Å². The average Bonchev–Trinajstić information content (AvgIpc) is 3.21. The third-order valence-electron chi connectivity index (χ3n) is 5.62. The maximum Gasteiger partial charge on any atom is 0.303 e. The van der Waals surface area contributed by atoms with Gasteiger partial charge in [-0.15, -0.1) is 0 Å². The highest BCUT2D eigenvalue weighted by Crippen LogP contribution is 2.34. The van der Waals surface area contributed by atoms with Gasteiger partial charge in [0, 0.05) is 30.2 Å². The van der Waals surface area contributed by atoms with Gasteiger partial charge in [-0.1, -0.05) is 42.0 Å². The van der Waals surface area contributed by atoms with E-state index in [9.17, 15) is 14.0 Å². The van der Waals surface area contributed by atoms with Crippen LogP contribution in [0.1, 0.15) is 39.0 Å². The van der Waals surface area contributed by atoms with Gasteiger partial charge >= 0.3 is 5.97 Å². The molecule has 4 rings (SSSR count). The zero-order chi connectivity index (χ0) is 22.7. The fourth-order valence-electron chi connectivity index (χ4n) is 4.01. The number of para-hydroxylation sites is 1. The molecule has 0 unspecified atom stereocenters. The molecule has 6 heteroatoms. The summed E-state index contributed by atoms with van der Waals surface area (Å²) in [6, 6.07) is 17.9. The van der Waals surface area contributed by atoms with Gasteiger partial charge in [-0.2, -0.15) is 0 Å². The van der Waals surface area contributed by atoms with Gasteiger partial charge in [-0.25, -0.2) is 4.39 Å². The summed E-state index contributed by atoms with van der Waals surface area (Å²) in [6.45, 7) is 2.75. The lowest BCUT2D eigenvalue weighted by molar-refractivity contribution is -0.136. The standard InChI is InChI=1S/C26H24FNO4/c1-17-4-2-6-20(14-17)26(31)28-13-12-19-5-3-7-21(25(19)28)16-32-22-10-8-18(23(27)15-22)9-11-24(29)30/h2-8,10,14-15H,9,11-13,16H2,1H3,(H,29,30). The minimum atomic E-state index is -0.965. The second-order valence-electron chi connectivity index (χ2n) is 7.94. The molecule has 0 atom stereocenters. The highest BCUT2D eigenvalue weighted by Gasteiger charge is 2.28. The van der Waals surface area contributed by atoms with Gasteiger partial charge < -0.3 is 14.7 Å². The average molecular weight is 433 g/mol. The number of aliphatic carboxylic acids is 1. The van der Waals surface area contributed by atoms with Crippen LogP contribution in [0.15, 0.2) is 60.7 Å². The lowest BCUT2D eigenvalue weighted by atomic mass is 10.1. The quantitative estimate of drug-likeness (QED) is 0.574. The van der Waals surface area contributed by atoms with E-state index in [4.69, 9.17) is 9.84 Å². The van der Waals surface area contributed by atoms with Crippen molar-refractivity contribution in [1.82, 2.24) is 0 Å². The second kappa shape index (κ2) is 9.22. The van der Waals surface area contributed by atoms with E-state index in [0.29, 0.717) is 23.4 Å². The summed E-state index contributed by atoms with van der Waals surface area (Å²) in [5, 5.41) is 8.78. The van der Waals surface area contributed by atoms with Crippen LogP contribution >= 0.6 is 0 Å². The summed E-state index contributed by atoms with van der Waals surface area (Å²) in [5.74, 6) is -1.15. The van der Waals surface area contributed by atoms with Crippen LogP contribution in [-0.2, 0) is 24.2 Å². The molecule has 5 nitrogen and oxygen atoms in total. The van der Waals surface area contributed by atoms with Gasteiger partial charge in [-0.3, -0.25) is 9.59 Å². The Morgan fingerprint density at radius 3 is 2.62 bits per heavy atom. The van der Waals surface area contributed by atoms with Gasteiger partial charge in [0.05, 0.1) is 5.69 Å². The first kappa shape index (κ1) is 21.6. The van der Waals surface area contributed by atoms with Crippen molar-refractivity contribution in [2.24, 2.45) is 0 Å². The predicted octanol–water partition coefficient (Wildman–Crippen LogP) is 4.93. The molecule has 0 saturated carbocycles. The molecule has 1 heterocycles. The maximum atomic E-state index is 14.3. The fraction of sp³-hybridized carbons (Fsp3) is 0.231. The number of nitrogens with zero attached hydrogens (tertiary/aromatic N) is 1. The molecule has 32 heavy (non-hydrogen) atoms. The van der Waals surface area contributed by atoms with Crippen LogP contribution in [0.3, 0.4) is 0 Å². The summed E-state index contributed by atoms with van der Waals surface area (Å²) in [4.78, 5) is 25.7. The van der Waals surface area contributed by atoms with Crippen molar-refractivity contribution in [3.05, 3.63) is 94.3 Å². The number of carboxylic acid groups (broad SMARTS) is 1. The van der Waals surface area contributed by atoms with Crippen LogP contribution in [0.5, 0.6) is 5.75 Å². The first-order chi connectivity index (χ1) is 15.4. The number of aryl methyl sites for hydroxylation is 2. The molecule has 1 N–H and O–H groups in total. The van der Waals surface area contributed by atoms with Crippen molar-refractivity contribution in [2.45, 2.75) is 32.8 Å². The molecule has 0 fully saturated rings. The van der Waals surface area contributed by atoms with Gasteiger partial charge in [0.2, 0.25) is 0 Å². The molecule has 1 aliphatic heterocycles. The van der Waals surface area contributed by atoms with Gasteiger partial charge in [0.25, 0.3) is 5.91 Å². The number of fused-ring (bicyclic) bond motifs is 1. The zero-order valence-corrected chi connectivity index (χ0v) is 17.8. The van der Waals surface area contributed by atoms with Crippen molar-refractivity contribution in [3.63, 3.8) is 0 Å². The van der Waals surface area contributed by atoms with E-state index in [1.54, 1.807) is 17.0 Å². The Bertz CT molecular complexity index is 1170. The van der Waals surface area contributed by atoms with E-state index in [0.717, 1.165) is 28.8 Å². The van der Waals surface area contributed by atoms with Gasteiger partial charge in [0.1, 0.15) is 18.2 Å². The Morgan fingerprint density at radius 2 is 1.88 bits per heavy atom. The van der Waals surface area contributed by atoms with Gasteiger partial charge in [0.15, 0.2) is 0 Å². The lowest BCUT2D eigenvalue weighted by Gasteiger charge is -2.21. The molecule has 0 radical (unpaired) electrons. The summed E-state index contributed by atoms with van der Waals surface area (Å²) in [6.07, 6.45) is 0.773. The molecule has 0 spiro atoms. The van der Waals surface area contributed by atoms with E-state index in [2.05, 4.69) is 0 Å². The second-order valence-corrected chi connectivity index (χ2v) is 7.94. The van der Waals surface area contributed by atoms with Crippen molar-refractivity contribution < 1.29 is 23.8 Å². The zero-order valence-electron chi connectivity index (χ0n) is 17.8. The Hall–Kier alpha value is -3.67. The number of halogens is 1. The molecule has 1 amide bonds. The van der Waals surface area contributed by atoms with Crippen molar-refractivity contribution in [3.8, 4) is 5.75 Å². The molecular formula is C26H24FNO4. The SMILES string of the molecule is Cc1cccc(C(=O)N2CCc3cccc(COc4ccc(CCC(=O)O)c(F)c4)c32)c1. The predicted molar refractivity (Wildman–Crippen MR) is 120 cm³/mol. The van der Waals surface area contributed by atoms with E-state index in [-0.39, 0.29) is 25.4 Å². The molecule has 1 aliphatic rings. The Kier molecular flexibility index (Phi) is 6.21. The van der Waals surface area contributed by atoms with Crippen molar-refractivity contribution in [2.75, 3.05) is 11.4 Å². The molecule has 0 bridgehead atoms. The summed E-state index contributed by atoms with van der Waals surface area (Å²) in [5.41, 5.74) is 4.82. The Morgan fingerprint density at radius 1 is 1.06 bits per heavy atom. The number of hydrogen-bond donors (Lipinski definition) is 1. The number of ether oxygens (including phenoxy) is 1. The van der Waals surface area contributed by atoms with Gasteiger partial charge in [-0.05, 0) is 49.1 Å². The molecule has 3 aromatic carbocycles. The molecule has 0 aromatic heterocycles. The molecular weight excluding hydrogens is 409 g/mol. The largest absolute Gasteiger partial charge is 0.489 e. The third-order valence-corrected chi connectivity index (χ3v) is 5.62. The van der Waals surface area contributed by atoms with Crippen LogP contribution in [0, 0.1) is 12.7 Å². The Balaban J connectivity index is 1.52. The number of anilines is 1. The minimum absolute atomic E-state index is 0.0475. The molecule has 0 saturated heterocycles. The maximum absolute atomic E-state index is 14.3. The number of carbonyl (C=O) groups is 2. The van der Waals surface area contributed by atoms with Crippen molar-refractivity contribution in [1.29, 1.82) is 0 Å². The molecule has 164 valence electrons. The molecule has 0 aliphatic carbocycles. The number of amides is 1. The summed E-state index contributed by atoms with van der Waals surface area (Å²) >= 11 is 0. The van der Waals surface area contributed by atoms with Crippen LogP contribution in [0.2, 0.25) is 0 Å². The first-order valence-electron chi connectivity index (χ1n) is 10.5. The number of carboxylic acids is 1. The number of carbonyl (C=O) groups excluding carboxylic acids is 1. The van der Waals surface area contributed by atoms with Crippen LogP contribution < -0.4 is 9.64 Å². The van der Waals surface area contributed by atoms with Crippen molar-refractivity contribution >= 4 is 17.6 Å². The first-order valence-corrected chi connectivity index (χ1v) is 10.5. The lowest BCUT2D eigenvalue weighted by Crippen LogP contribution is -2.29. The topological polar surface area (TPSA) is 66.8 Å². The number of benzene rings is 3. The van der Waals surface area contributed by atoms with Crippen LogP contribution in [0.4, 0.5) is 10.1 Å². The fourth-order valence-corrected chi connectivity index (χ4v) is 4.01. The van der Waals surface area contributed by atoms with Crippen LogP contribution in [-0.4, -0.2) is 23.5 Å². The van der Waals surface area contributed by atoms with E-state index in [1.165, 1.54) is 6.07 Å². The van der Waals surface area contributed by atoms with E-state index >= 15 is 0 Å². The highest BCUT2D eigenvalue weighted by atomic mass is 19.1. The number of hydrogen-bond acceptors (Lipinski definition) is 3. The summed E-state index contributed by atoms with van der Waals surface area (Å²) < 4.78 is 20.1. The Labute approximate surface area is 186 Å². The van der Waals surface area contributed by atoms with E-state index in [1.807, 2.05) is 49.4 Å². The minimum Gasteiger partial charge on any atom is -0.489 e. The monoisotopic (exact) mass is 433 g/mol. The normalized spacial score (nSPS) is 12.5.